The van der Waals surface area contributed by atoms with Gasteiger partial charge in [0.1, 0.15) is 11.5 Å². The van der Waals surface area contributed by atoms with Gasteiger partial charge in [0.2, 0.25) is 0 Å². The number of allylic oxidation sites excluding steroid dienone is 1. The molecule has 3 rings (SSSR count). The van der Waals surface area contributed by atoms with E-state index in [0.29, 0.717) is 6.54 Å². The van der Waals surface area contributed by atoms with E-state index < -0.39 is 0 Å². The van der Waals surface area contributed by atoms with Gasteiger partial charge in [-0.3, -0.25) is 4.98 Å². The number of nitrogens with two attached hydrogens (primary N) is 1. The van der Waals surface area contributed by atoms with Gasteiger partial charge in [-0.1, -0.05) is 44.4 Å². The van der Waals surface area contributed by atoms with Crippen molar-refractivity contribution in [2.75, 3.05) is 0 Å². The van der Waals surface area contributed by atoms with Crippen LogP contribution in [0.4, 0.5) is 0 Å². The molecule has 2 aromatic carbocycles. The van der Waals surface area contributed by atoms with Crippen LogP contribution in [0.15, 0.2) is 61.7 Å². The van der Waals surface area contributed by atoms with Gasteiger partial charge in [0.25, 0.3) is 0 Å². The van der Waals surface area contributed by atoms with Crippen LogP contribution in [-0.4, -0.2) is 4.98 Å². The van der Waals surface area contributed by atoms with Crippen LogP contribution in [0.2, 0.25) is 0 Å². The van der Waals surface area contributed by atoms with Crippen molar-refractivity contribution < 1.29 is 4.74 Å². The fraction of sp³-hybridized carbons (Fsp3) is 0.136. The Morgan fingerprint density at radius 1 is 1.12 bits per heavy atom. The summed E-state index contributed by atoms with van der Waals surface area (Å²) in [6.45, 7) is 10.5. The van der Waals surface area contributed by atoms with Crippen LogP contribution in [0.1, 0.15) is 30.3 Å². The maximum absolute atomic E-state index is 5.96. The minimum absolute atomic E-state index is 0.354. The molecule has 3 heteroatoms. The van der Waals surface area contributed by atoms with Gasteiger partial charge >= 0.3 is 0 Å². The summed E-state index contributed by atoms with van der Waals surface area (Å²) >= 11 is 0. The molecule has 0 aliphatic carbocycles. The van der Waals surface area contributed by atoms with Gasteiger partial charge in [-0.15, -0.1) is 0 Å². The molecule has 0 saturated carbocycles. The molecule has 1 heterocycles. The first kappa shape index (κ1) is 16.9. The second-order valence-corrected chi connectivity index (χ2v) is 5.81. The second-order valence-electron chi connectivity index (χ2n) is 5.81. The Morgan fingerprint density at radius 3 is 2.52 bits per heavy atom. The highest BCUT2D eigenvalue weighted by atomic mass is 16.5. The second kappa shape index (κ2) is 7.32. The zero-order valence-corrected chi connectivity index (χ0v) is 14.5. The van der Waals surface area contributed by atoms with Gasteiger partial charge in [-0.05, 0) is 47.7 Å². The Kier molecular flexibility index (Phi) is 4.96. The van der Waals surface area contributed by atoms with Crippen LogP contribution in [-0.2, 0) is 6.54 Å². The van der Waals surface area contributed by atoms with E-state index in [0.717, 1.165) is 51.2 Å². The lowest BCUT2D eigenvalue weighted by atomic mass is 9.97. The first-order valence-corrected chi connectivity index (χ1v) is 8.38. The fourth-order valence-corrected chi connectivity index (χ4v) is 2.87. The Hall–Kier alpha value is -2.91. The molecule has 0 fully saturated rings. The number of ether oxygens (including phenoxy) is 1. The van der Waals surface area contributed by atoms with E-state index in [1.54, 1.807) is 0 Å². The minimum Gasteiger partial charge on any atom is -0.457 e. The summed E-state index contributed by atoms with van der Waals surface area (Å²) in [7, 11) is 0. The van der Waals surface area contributed by atoms with Crippen LogP contribution < -0.4 is 10.5 Å². The molecule has 0 spiro atoms. The van der Waals surface area contributed by atoms with Crippen molar-refractivity contribution in [3.8, 4) is 11.5 Å². The molecule has 0 saturated heterocycles. The molecule has 0 unspecified atom stereocenters. The van der Waals surface area contributed by atoms with Gasteiger partial charge in [0.05, 0.1) is 11.4 Å². The number of nitrogens with zero attached hydrogens (tertiary/aromatic N) is 1. The quantitative estimate of drug-likeness (QED) is 0.644. The summed E-state index contributed by atoms with van der Waals surface area (Å²) in [4.78, 5) is 4.76. The van der Waals surface area contributed by atoms with Crippen molar-refractivity contribution >= 4 is 22.4 Å². The van der Waals surface area contributed by atoms with Crippen LogP contribution in [0.25, 0.3) is 22.4 Å². The predicted molar refractivity (Wildman–Crippen MR) is 106 cm³/mol. The summed E-state index contributed by atoms with van der Waals surface area (Å²) in [6.07, 6.45) is 2.67. The van der Waals surface area contributed by atoms with Gasteiger partial charge in [0.15, 0.2) is 0 Å². The fourth-order valence-electron chi connectivity index (χ4n) is 2.87. The molecular weight excluding hydrogens is 308 g/mol. The number of benzene rings is 2. The number of rotatable bonds is 6. The average molecular weight is 330 g/mol. The lowest BCUT2D eigenvalue weighted by Gasteiger charge is -2.15. The maximum Gasteiger partial charge on any atom is 0.128 e. The summed E-state index contributed by atoms with van der Waals surface area (Å²) in [5, 5.41) is 2.05. The summed E-state index contributed by atoms with van der Waals surface area (Å²) in [6, 6.07) is 15.7. The first-order chi connectivity index (χ1) is 12.2. The molecule has 1 aromatic heterocycles. The van der Waals surface area contributed by atoms with E-state index >= 15 is 0 Å². The lowest BCUT2D eigenvalue weighted by Crippen LogP contribution is -2.05. The minimum atomic E-state index is 0.354. The van der Waals surface area contributed by atoms with Crippen molar-refractivity contribution in [1.29, 1.82) is 0 Å². The third-order valence-electron chi connectivity index (χ3n) is 4.23. The highest BCUT2D eigenvalue weighted by Gasteiger charge is 2.14. The number of fused-ring (bicyclic) bond motifs is 1. The zero-order chi connectivity index (χ0) is 17.8. The molecule has 25 heavy (non-hydrogen) atoms. The van der Waals surface area contributed by atoms with Crippen molar-refractivity contribution in [2.45, 2.75) is 19.9 Å². The topological polar surface area (TPSA) is 48.1 Å². The Bertz CT molecular complexity index is 930. The van der Waals surface area contributed by atoms with E-state index in [1.165, 1.54) is 0 Å². The number of pyridine rings is 1. The highest BCUT2D eigenvalue weighted by Crippen LogP contribution is 2.33. The SMILES string of the molecule is C=Cc1c(C(=C)CC)nc(CN)c2cc(Oc3ccccc3)ccc12. The third kappa shape index (κ3) is 3.32. The Labute approximate surface area is 148 Å². The van der Waals surface area contributed by atoms with Gasteiger partial charge in [-0.25, -0.2) is 0 Å². The molecule has 0 atom stereocenters. The molecule has 3 nitrogen and oxygen atoms in total. The molecule has 0 radical (unpaired) electrons. The molecule has 126 valence electrons. The van der Waals surface area contributed by atoms with Crippen molar-refractivity contribution in [2.24, 2.45) is 5.73 Å². The van der Waals surface area contributed by atoms with Crippen LogP contribution in [0, 0.1) is 0 Å². The van der Waals surface area contributed by atoms with E-state index in [2.05, 4.69) is 20.1 Å². The monoisotopic (exact) mass is 330 g/mol. The standard InChI is InChI=1S/C22H22N2O/c1-4-15(3)22-18(5-2)19-12-11-17(13-20(19)21(14-23)24-22)25-16-9-7-6-8-10-16/h5-13H,2-4,14,23H2,1H3. The van der Waals surface area contributed by atoms with E-state index in [-0.39, 0.29) is 0 Å². The van der Waals surface area contributed by atoms with Gasteiger partial charge < -0.3 is 10.5 Å². The smallest absolute Gasteiger partial charge is 0.128 e. The summed E-state index contributed by atoms with van der Waals surface area (Å²) in [5.74, 6) is 1.55. The summed E-state index contributed by atoms with van der Waals surface area (Å²) in [5.41, 5.74) is 9.65. The highest BCUT2D eigenvalue weighted by molar-refractivity contribution is 5.96. The first-order valence-electron chi connectivity index (χ1n) is 8.38. The van der Waals surface area contributed by atoms with Crippen molar-refractivity contribution in [1.82, 2.24) is 4.98 Å². The molecule has 0 bridgehead atoms. The molecule has 2 N–H and O–H groups in total. The van der Waals surface area contributed by atoms with Crippen LogP contribution in [0.3, 0.4) is 0 Å². The van der Waals surface area contributed by atoms with Crippen molar-refractivity contribution in [3.05, 3.63) is 78.6 Å². The van der Waals surface area contributed by atoms with Crippen LogP contribution >= 0.6 is 0 Å². The number of para-hydroxylation sites is 1. The molecule has 0 aliphatic heterocycles. The zero-order valence-electron chi connectivity index (χ0n) is 14.5. The number of hydrogen-bond acceptors (Lipinski definition) is 3. The van der Waals surface area contributed by atoms with E-state index in [4.69, 9.17) is 15.5 Å². The molecule has 0 amide bonds. The molecular formula is C22H22N2O. The number of aromatic nitrogens is 1. The van der Waals surface area contributed by atoms with Gasteiger partial charge in [0, 0.05) is 17.5 Å². The largest absolute Gasteiger partial charge is 0.457 e. The third-order valence-corrected chi connectivity index (χ3v) is 4.23. The van der Waals surface area contributed by atoms with Crippen LogP contribution in [0.5, 0.6) is 11.5 Å². The maximum atomic E-state index is 5.96. The average Bonchev–Trinajstić information content (AvgIpc) is 2.66. The molecule has 0 aliphatic rings. The van der Waals surface area contributed by atoms with Crippen molar-refractivity contribution in [3.63, 3.8) is 0 Å². The number of hydrogen-bond donors (Lipinski definition) is 1. The Balaban J connectivity index is 2.16. The predicted octanol–water partition coefficient (Wildman–Crippen LogP) is 5.55. The van der Waals surface area contributed by atoms with E-state index in [9.17, 15) is 0 Å². The normalized spacial score (nSPS) is 10.6. The molecule has 3 aromatic rings. The van der Waals surface area contributed by atoms with E-state index in [1.807, 2.05) is 54.6 Å². The Morgan fingerprint density at radius 2 is 1.88 bits per heavy atom. The summed E-state index contributed by atoms with van der Waals surface area (Å²) < 4.78 is 5.95. The lowest BCUT2D eigenvalue weighted by molar-refractivity contribution is 0.483. The van der Waals surface area contributed by atoms with Gasteiger partial charge in [-0.2, -0.15) is 0 Å².